The van der Waals surface area contributed by atoms with Crippen LogP contribution in [0.2, 0.25) is 18.1 Å². The summed E-state index contributed by atoms with van der Waals surface area (Å²) in [7, 11) is -1.82. The Labute approximate surface area is 118 Å². The summed E-state index contributed by atoms with van der Waals surface area (Å²) in [5.41, 5.74) is -0.181. The van der Waals surface area contributed by atoms with Crippen molar-refractivity contribution in [3.63, 3.8) is 0 Å². The van der Waals surface area contributed by atoms with Gasteiger partial charge in [0, 0.05) is 13.5 Å². The van der Waals surface area contributed by atoms with E-state index in [1.807, 2.05) is 0 Å². The van der Waals surface area contributed by atoms with Crippen LogP contribution >= 0.6 is 0 Å². The molecule has 1 saturated heterocycles. The molecule has 2 N–H and O–H groups in total. The van der Waals surface area contributed by atoms with Gasteiger partial charge in [0.25, 0.3) is 0 Å². The van der Waals surface area contributed by atoms with E-state index in [0.29, 0.717) is 6.54 Å². The quantitative estimate of drug-likeness (QED) is 0.780. The van der Waals surface area contributed by atoms with Gasteiger partial charge < -0.3 is 15.1 Å². The van der Waals surface area contributed by atoms with Gasteiger partial charge >= 0.3 is 0 Å². The van der Waals surface area contributed by atoms with Crippen molar-refractivity contribution in [3.05, 3.63) is 0 Å². The van der Waals surface area contributed by atoms with E-state index in [1.54, 1.807) is 6.92 Å². The monoisotopic (exact) mass is 286 g/mol. The number of hydrogen-bond donors (Lipinski definition) is 2. The number of piperidine rings is 1. The molecule has 0 unspecified atom stereocenters. The van der Waals surface area contributed by atoms with Crippen LogP contribution in [0.3, 0.4) is 0 Å². The van der Waals surface area contributed by atoms with Gasteiger partial charge in [-0.1, -0.05) is 20.8 Å². The standard InChI is InChI=1S/C14H30N2O2Si/c1-12(17)16-11-14(7-9-15-10-8-14)18-19(5,6)13(2,3)4/h15H,7-11H2,1-6H3,(H,16,17). The van der Waals surface area contributed by atoms with Crippen molar-refractivity contribution >= 4 is 14.2 Å². The largest absolute Gasteiger partial charge is 0.409 e. The van der Waals surface area contributed by atoms with E-state index in [-0.39, 0.29) is 16.5 Å². The highest BCUT2D eigenvalue weighted by Crippen LogP contribution is 2.40. The molecule has 1 amide bonds. The second kappa shape index (κ2) is 5.93. The van der Waals surface area contributed by atoms with Crippen molar-refractivity contribution in [2.24, 2.45) is 0 Å². The van der Waals surface area contributed by atoms with Gasteiger partial charge in [0.2, 0.25) is 5.91 Å². The summed E-state index contributed by atoms with van der Waals surface area (Å²) in [4.78, 5) is 11.2. The molecule has 0 aliphatic carbocycles. The van der Waals surface area contributed by atoms with Crippen molar-refractivity contribution in [2.45, 2.75) is 64.3 Å². The topological polar surface area (TPSA) is 50.4 Å². The molecule has 1 fully saturated rings. The van der Waals surface area contributed by atoms with Crippen LogP contribution in [0.25, 0.3) is 0 Å². The van der Waals surface area contributed by atoms with Crippen molar-refractivity contribution in [3.8, 4) is 0 Å². The third kappa shape index (κ3) is 4.58. The predicted molar refractivity (Wildman–Crippen MR) is 81.8 cm³/mol. The van der Waals surface area contributed by atoms with E-state index >= 15 is 0 Å². The Kier molecular flexibility index (Phi) is 5.20. The molecule has 4 nitrogen and oxygen atoms in total. The van der Waals surface area contributed by atoms with E-state index < -0.39 is 8.32 Å². The van der Waals surface area contributed by atoms with Gasteiger partial charge in [-0.3, -0.25) is 4.79 Å². The van der Waals surface area contributed by atoms with Gasteiger partial charge in [-0.15, -0.1) is 0 Å². The first-order valence-corrected chi connectivity index (χ1v) is 10.1. The zero-order valence-electron chi connectivity index (χ0n) is 13.4. The highest BCUT2D eigenvalue weighted by molar-refractivity contribution is 6.74. The Hall–Kier alpha value is -0.393. The highest BCUT2D eigenvalue weighted by atomic mass is 28.4. The first-order valence-electron chi connectivity index (χ1n) is 7.23. The molecule has 1 aliphatic rings. The van der Waals surface area contributed by atoms with E-state index in [0.717, 1.165) is 25.9 Å². The number of rotatable bonds is 4. The molecular weight excluding hydrogens is 256 g/mol. The molecule has 112 valence electrons. The average molecular weight is 286 g/mol. The van der Waals surface area contributed by atoms with Crippen molar-refractivity contribution in [1.29, 1.82) is 0 Å². The fourth-order valence-corrected chi connectivity index (χ4v) is 3.84. The predicted octanol–water partition coefficient (Wildman–Crippen LogP) is 2.27. The third-order valence-electron chi connectivity index (χ3n) is 4.45. The summed E-state index contributed by atoms with van der Waals surface area (Å²) >= 11 is 0. The van der Waals surface area contributed by atoms with Gasteiger partial charge in [-0.25, -0.2) is 0 Å². The molecule has 0 saturated carbocycles. The molecule has 5 heteroatoms. The van der Waals surface area contributed by atoms with Crippen LogP contribution in [-0.4, -0.2) is 39.5 Å². The maximum Gasteiger partial charge on any atom is 0.216 e. The Bertz CT molecular complexity index is 318. The smallest absolute Gasteiger partial charge is 0.216 e. The molecule has 0 aromatic rings. The molecule has 0 aromatic heterocycles. The summed E-state index contributed by atoms with van der Waals surface area (Å²) in [5, 5.41) is 6.53. The number of amides is 1. The lowest BCUT2D eigenvalue weighted by Gasteiger charge is -2.47. The number of hydrogen-bond acceptors (Lipinski definition) is 3. The Morgan fingerprint density at radius 1 is 1.32 bits per heavy atom. The first kappa shape index (κ1) is 16.7. The molecule has 0 radical (unpaired) electrons. The summed E-state index contributed by atoms with van der Waals surface area (Å²) in [5.74, 6) is 0.0248. The minimum atomic E-state index is -1.82. The summed E-state index contributed by atoms with van der Waals surface area (Å²) in [6, 6.07) is 0. The molecule has 19 heavy (non-hydrogen) atoms. The molecule has 1 heterocycles. The van der Waals surface area contributed by atoms with Crippen LogP contribution in [0.4, 0.5) is 0 Å². The minimum Gasteiger partial charge on any atom is -0.409 e. The maximum absolute atomic E-state index is 11.2. The number of nitrogens with one attached hydrogen (secondary N) is 2. The second-order valence-electron chi connectivity index (χ2n) is 7.21. The molecule has 1 aliphatic heterocycles. The van der Waals surface area contributed by atoms with Crippen LogP contribution < -0.4 is 10.6 Å². The van der Waals surface area contributed by atoms with Gasteiger partial charge in [0.05, 0.1) is 5.60 Å². The lowest BCUT2D eigenvalue weighted by molar-refractivity contribution is -0.120. The number of carbonyl (C=O) groups is 1. The Morgan fingerprint density at radius 2 is 1.84 bits per heavy atom. The normalized spacial score (nSPS) is 20.1. The van der Waals surface area contributed by atoms with E-state index in [2.05, 4.69) is 44.5 Å². The molecule has 1 rings (SSSR count). The SMILES string of the molecule is CC(=O)NCC1(O[Si](C)(C)C(C)(C)C)CCNCC1. The Morgan fingerprint density at radius 3 is 2.26 bits per heavy atom. The van der Waals surface area contributed by atoms with E-state index in [1.165, 1.54) is 0 Å². The van der Waals surface area contributed by atoms with Crippen LogP contribution in [0.5, 0.6) is 0 Å². The summed E-state index contributed by atoms with van der Waals surface area (Å²) in [6.45, 7) is 15.5. The maximum atomic E-state index is 11.2. The lowest BCUT2D eigenvalue weighted by atomic mass is 9.92. The lowest BCUT2D eigenvalue weighted by Crippen LogP contribution is -2.58. The summed E-state index contributed by atoms with van der Waals surface area (Å²) in [6.07, 6.45) is 1.94. The van der Waals surface area contributed by atoms with Crippen molar-refractivity contribution in [1.82, 2.24) is 10.6 Å². The third-order valence-corrected chi connectivity index (χ3v) is 9.01. The molecule has 0 bridgehead atoms. The first-order chi connectivity index (χ1) is 8.58. The van der Waals surface area contributed by atoms with Gasteiger partial charge in [0.1, 0.15) is 0 Å². The van der Waals surface area contributed by atoms with Crippen LogP contribution in [0.1, 0.15) is 40.5 Å². The number of carbonyl (C=O) groups excluding carboxylic acids is 1. The van der Waals surface area contributed by atoms with Crippen LogP contribution in [0, 0.1) is 0 Å². The fraction of sp³-hybridized carbons (Fsp3) is 0.929. The molecule has 0 spiro atoms. The molecular formula is C14H30N2O2Si. The highest BCUT2D eigenvalue weighted by Gasteiger charge is 2.45. The van der Waals surface area contributed by atoms with Crippen LogP contribution in [-0.2, 0) is 9.22 Å². The van der Waals surface area contributed by atoms with Gasteiger partial charge in [0.15, 0.2) is 8.32 Å². The Balaban J connectivity index is 2.82. The second-order valence-corrected chi connectivity index (χ2v) is 11.9. The molecule has 0 aromatic carbocycles. The minimum absolute atomic E-state index is 0.0248. The van der Waals surface area contributed by atoms with Gasteiger partial charge in [-0.2, -0.15) is 0 Å². The van der Waals surface area contributed by atoms with Crippen LogP contribution in [0.15, 0.2) is 0 Å². The zero-order chi connectivity index (χ0) is 14.7. The van der Waals surface area contributed by atoms with Crippen molar-refractivity contribution in [2.75, 3.05) is 19.6 Å². The van der Waals surface area contributed by atoms with Crippen molar-refractivity contribution < 1.29 is 9.22 Å². The zero-order valence-corrected chi connectivity index (χ0v) is 14.4. The molecule has 0 atom stereocenters. The van der Waals surface area contributed by atoms with E-state index in [4.69, 9.17) is 4.43 Å². The van der Waals surface area contributed by atoms with Gasteiger partial charge in [-0.05, 0) is 44.1 Å². The fourth-order valence-electron chi connectivity index (χ4n) is 2.18. The average Bonchev–Trinajstić information content (AvgIpc) is 2.25. The summed E-state index contributed by atoms with van der Waals surface area (Å²) < 4.78 is 6.67. The van der Waals surface area contributed by atoms with E-state index in [9.17, 15) is 4.79 Å².